The van der Waals surface area contributed by atoms with E-state index in [-0.39, 0.29) is 28.8 Å². The summed E-state index contributed by atoms with van der Waals surface area (Å²) in [5, 5.41) is 0. The van der Waals surface area contributed by atoms with Gasteiger partial charge in [0.05, 0.1) is 0 Å². The molecule has 0 bridgehead atoms. The predicted octanol–water partition coefficient (Wildman–Crippen LogP) is 0.909. The number of hydrogen-bond donors (Lipinski definition) is 0. The summed E-state index contributed by atoms with van der Waals surface area (Å²) in [4.78, 5) is 19.8. The summed E-state index contributed by atoms with van der Waals surface area (Å²) in [7, 11) is 0. The van der Waals surface area contributed by atoms with Crippen molar-refractivity contribution in [1.29, 1.82) is 0 Å². The van der Waals surface area contributed by atoms with Crippen LogP contribution in [0.25, 0.3) is 0 Å². The maximum absolute atomic E-state index is 11.3. The van der Waals surface area contributed by atoms with Crippen LogP contribution in [0.1, 0.15) is 6.92 Å². The van der Waals surface area contributed by atoms with E-state index in [1.54, 1.807) is 0 Å². The topological polar surface area (TPSA) is 34.1 Å². The Balaban J connectivity index is 0. The van der Waals surface area contributed by atoms with E-state index in [9.17, 15) is 22.8 Å². The molecule has 0 spiro atoms. The second-order valence-corrected chi connectivity index (χ2v) is 1.62. The molecular formula is C5H4AuF3O2. The van der Waals surface area contributed by atoms with Gasteiger partial charge in [-0.1, -0.05) is 0 Å². The van der Waals surface area contributed by atoms with Crippen molar-refractivity contribution in [3.05, 3.63) is 6.42 Å². The smallest absolute Gasteiger partial charge is 0.334 e. The molecule has 11 heavy (non-hydrogen) atoms. The van der Waals surface area contributed by atoms with Gasteiger partial charge in [-0.05, 0) is 6.92 Å². The molecule has 0 heterocycles. The van der Waals surface area contributed by atoms with Crippen molar-refractivity contribution in [1.82, 2.24) is 0 Å². The molecule has 2 nitrogen and oxygen atoms in total. The van der Waals surface area contributed by atoms with Crippen LogP contribution in [-0.2, 0) is 32.0 Å². The maximum Gasteiger partial charge on any atom is 1.00 e. The van der Waals surface area contributed by atoms with Crippen molar-refractivity contribution in [2.24, 2.45) is 0 Å². The van der Waals surface area contributed by atoms with Gasteiger partial charge in [0.25, 0.3) is 0 Å². The van der Waals surface area contributed by atoms with Crippen LogP contribution in [0.5, 0.6) is 0 Å². The quantitative estimate of drug-likeness (QED) is 0.422. The zero-order valence-electron chi connectivity index (χ0n) is 5.33. The normalized spacial score (nSPS) is 9.82. The van der Waals surface area contributed by atoms with E-state index >= 15 is 0 Å². The number of hydrogen-bond acceptors (Lipinski definition) is 2. The van der Waals surface area contributed by atoms with Crippen LogP contribution in [0.4, 0.5) is 13.2 Å². The van der Waals surface area contributed by atoms with Gasteiger partial charge < -0.3 is 9.59 Å². The van der Waals surface area contributed by atoms with Crippen LogP contribution in [-0.4, -0.2) is 17.7 Å². The van der Waals surface area contributed by atoms with Gasteiger partial charge >= 0.3 is 28.6 Å². The van der Waals surface area contributed by atoms with Crippen LogP contribution < -0.4 is 0 Å². The minimum Gasteiger partial charge on any atom is -0.334 e. The molecule has 0 aliphatic rings. The Bertz CT molecular complexity index is 164. The standard InChI is InChI=1S/C5H4F3O2.Au/c1-3(9)2-4(10)5(6,7)8;/h2H,1H3;/q-1;+1. The number of ketones is 2. The molecular weight excluding hydrogens is 346 g/mol. The zero-order chi connectivity index (χ0) is 8.36. The van der Waals surface area contributed by atoms with E-state index in [0.717, 1.165) is 6.92 Å². The molecule has 0 unspecified atom stereocenters. The minimum atomic E-state index is -4.92. The fourth-order valence-corrected chi connectivity index (χ4v) is 0.266. The summed E-state index contributed by atoms with van der Waals surface area (Å²) in [5.74, 6) is -3.01. The number of carbonyl (C=O) groups is 2. The summed E-state index contributed by atoms with van der Waals surface area (Å²) in [5.41, 5.74) is 0. The number of carbonyl (C=O) groups excluding carboxylic acids is 2. The molecule has 0 aliphatic carbocycles. The SMILES string of the molecule is CC(=O)[CH-]C(=O)C(F)(F)F.[Au+]. The van der Waals surface area contributed by atoms with Crippen LogP contribution in [0.15, 0.2) is 0 Å². The third kappa shape index (κ3) is 6.15. The fraction of sp³-hybridized carbons (Fsp3) is 0.400. The first-order valence-electron chi connectivity index (χ1n) is 2.30. The third-order valence-corrected chi connectivity index (χ3v) is 0.614. The Morgan fingerprint density at radius 2 is 1.64 bits per heavy atom. The monoisotopic (exact) mass is 350 g/mol. The van der Waals surface area contributed by atoms with Crippen LogP contribution in [0.2, 0.25) is 0 Å². The molecule has 68 valence electrons. The van der Waals surface area contributed by atoms with Crippen molar-refractivity contribution < 1.29 is 45.1 Å². The van der Waals surface area contributed by atoms with Gasteiger partial charge in [0.1, 0.15) is 5.78 Å². The zero-order valence-corrected chi connectivity index (χ0v) is 7.50. The van der Waals surface area contributed by atoms with Crippen molar-refractivity contribution in [2.75, 3.05) is 0 Å². The molecule has 0 saturated heterocycles. The summed E-state index contributed by atoms with van der Waals surface area (Å²) in [6.45, 7) is 0.879. The predicted molar refractivity (Wildman–Crippen MR) is 26.0 cm³/mol. The molecule has 6 heteroatoms. The van der Waals surface area contributed by atoms with E-state index in [1.807, 2.05) is 0 Å². The molecule has 0 aromatic heterocycles. The van der Waals surface area contributed by atoms with E-state index in [1.165, 1.54) is 0 Å². The number of halogens is 3. The first-order valence-corrected chi connectivity index (χ1v) is 2.30. The van der Waals surface area contributed by atoms with E-state index in [2.05, 4.69) is 0 Å². The summed E-state index contributed by atoms with van der Waals surface area (Å²) >= 11 is 0. The molecule has 0 amide bonds. The molecule has 0 aromatic carbocycles. The minimum absolute atomic E-state index is 0. The van der Waals surface area contributed by atoms with Crippen LogP contribution >= 0.6 is 0 Å². The third-order valence-electron chi connectivity index (χ3n) is 0.614. The Morgan fingerprint density at radius 3 is 1.73 bits per heavy atom. The number of alkyl halides is 3. The van der Waals surface area contributed by atoms with Gasteiger partial charge in [-0.2, -0.15) is 13.2 Å². The molecule has 0 saturated carbocycles. The van der Waals surface area contributed by atoms with Crippen molar-refractivity contribution in [3.8, 4) is 0 Å². The molecule has 0 fully saturated rings. The first kappa shape index (κ1) is 13.3. The van der Waals surface area contributed by atoms with E-state index < -0.39 is 17.7 Å². The first-order chi connectivity index (χ1) is 4.34. The maximum atomic E-state index is 11.3. The average Bonchev–Trinajstić information content (AvgIpc) is 1.60. The van der Waals surface area contributed by atoms with Crippen molar-refractivity contribution >= 4 is 11.6 Å². The molecule has 0 aromatic rings. The van der Waals surface area contributed by atoms with Gasteiger partial charge in [-0.3, -0.25) is 6.42 Å². The van der Waals surface area contributed by atoms with E-state index in [4.69, 9.17) is 0 Å². The fourth-order valence-electron chi connectivity index (χ4n) is 0.266. The molecule has 0 radical (unpaired) electrons. The molecule has 0 aliphatic heterocycles. The summed E-state index contributed by atoms with van der Waals surface area (Å²) in [6, 6.07) is 0. The van der Waals surface area contributed by atoms with Crippen LogP contribution in [0, 0.1) is 6.42 Å². The van der Waals surface area contributed by atoms with E-state index in [0.29, 0.717) is 0 Å². The Morgan fingerprint density at radius 1 is 1.27 bits per heavy atom. The van der Waals surface area contributed by atoms with Gasteiger partial charge in [-0.15, -0.1) is 0 Å². The summed E-state index contributed by atoms with van der Waals surface area (Å²) < 4.78 is 33.8. The largest absolute Gasteiger partial charge is 1.00 e. The Kier molecular flexibility index (Phi) is 5.56. The van der Waals surface area contributed by atoms with Crippen molar-refractivity contribution in [3.63, 3.8) is 0 Å². The van der Waals surface area contributed by atoms with Gasteiger partial charge in [0.15, 0.2) is 0 Å². The van der Waals surface area contributed by atoms with Gasteiger partial charge in [0.2, 0.25) is 0 Å². The average molecular weight is 350 g/mol. The van der Waals surface area contributed by atoms with Crippen LogP contribution in [0.3, 0.4) is 0 Å². The number of rotatable bonds is 2. The van der Waals surface area contributed by atoms with Crippen molar-refractivity contribution in [2.45, 2.75) is 13.1 Å². The van der Waals surface area contributed by atoms with Gasteiger partial charge in [0, 0.05) is 5.78 Å². The second-order valence-electron chi connectivity index (χ2n) is 1.62. The molecule has 0 rings (SSSR count). The van der Waals surface area contributed by atoms with Gasteiger partial charge in [-0.25, -0.2) is 0 Å². The molecule has 0 atom stereocenters. The Hall–Kier alpha value is -0.260. The Labute approximate surface area is 76.7 Å². The molecule has 0 N–H and O–H groups in total. The second kappa shape index (κ2) is 4.58. The number of Topliss-reactive ketones (excluding diaryl/α,β-unsaturated/α-hetero) is 2. The summed E-state index contributed by atoms with van der Waals surface area (Å²) in [6.07, 6.45) is -4.91.